The number of hydrogen-bond donors (Lipinski definition) is 1. The number of esters is 1. The summed E-state index contributed by atoms with van der Waals surface area (Å²) in [5.74, 6) is 0.392. The first kappa shape index (κ1) is 8.82. The number of carbonyl (C=O) groups excluding carboxylic acids is 1. The molecule has 9 heavy (non-hydrogen) atoms. The Bertz CT molecular complexity index is 91.1. The molecule has 0 heterocycles. The van der Waals surface area contributed by atoms with Gasteiger partial charge in [-0.2, -0.15) is 0 Å². The highest BCUT2D eigenvalue weighted by Gasteiger charge is 2.03. The van der Waals surface area contributed by atoms with E-state index in [0.29, 0.717) is 12.3 Å². The molecular formula is C6H12O2S. The van der Waals surface area contributed by atoms with Crippen LogP contribution in [-0.4, -0.2) is 11.9 Å². The summed E-state index contributed by atoms with van der Waals surface area (Å²) in [5.41, 5.74) is 0. The van der Waals surface area contributed by atoms with E-state index in [9.17, 15) is 4.79 Å². The van der Waals surface area contributed by atoms with Crippen molar-refractivity contribution in [2.24, 2.45) is 5.92 Å². The van der Waals surface area contributed by atoms with Crippen molar-refractivity contribution in [2.45, 2.75) is 20.3 Å². The average Bonchev–Trinajstić information content (AvgIpc) is 1.63. The molecule has 0 atom stereocenters. The fourth-order valence-electron chi connectivity index (χ4n) is 0.464. The molecule has 0 unspecified atom stereocenters. The van der Waals surface area contributed by atoms with Crippen LogP contribution < -0.4 is 0 Å². The zero-order valence-corrected chi connectivity index (χ0v) is 6.65. The van der Waals surface area contributed by atoms with Gasteiger partial charge in [0.1, 0.15) is 5.94 Å². The molecule has 0 aromatic rings. The van der Waals surface area contributed by atoms with Crippen LogP contribution in [0.1, 0.15) is 20.3 Å². The number of carbonyl (C=O) groups is 1. The number of thiol groups is 1. The van der Waals surface area contributed by atoms with E-state index >= 15 is 0 Å². The highest BCUT2D eigenvalue weighted by atomic mass is 32.1. The lowest BCUT2D eigenvalue weighted by atomic mass is 10.1. The van der Waals surface area contributed by atoms with Gasteiger partial charge in [0.2, 0.25) is 0 Å². The van der Waals surface area contributed by atoms with Crippen molar-refractivity contribution in [1.82, 2.24) is 0 Å². The van der Waals surface area contributed by atoms with Crippen molar-refractivity contribution in [2.75, 3.05) is 5.94 Å². The molecule has 0 N–H and O–H groups in total. The van der Waals surface area contributed by atoms with Crippen molar-refractivity contribution in [3.63, 3.8) is 0 Å². The van der Waals surface area contributed by atoms with Gasteiger partial charge in [-0.1, -0.05) is 13.8 Å². The summed E-state index contributed by atoms with van der Waals surface area (Å²) in [5, 5.41) is 0. The van der Waals surface area contributed by atoms with Gasteiger partial charge in [0.25, 0.3) is 0 Å². The SMILES string of the molecule is CC(C)CC(=O)OCS. The summed E-state index contributed by atoms with van der Waals surface area (Å²) >= 11 is 3.74. The number of ether oxygens (including phenoxy) is 1. The molecule has 0 radical (unpaired) electrons. The maximum Gasteiger partial charge on any atom is 0.306 e. The Kier molecular flexibility index (Phi) is 4.58. The van der Waals surface area contributed by atoms with E-state index in [4.69, 9.17) is 0 Å². The molecule has 0 aromatic heterocycles. The van der Waals surface area contributed by atoms with Gasteiger partial charge in [-0.15, -0.1) is 12.6 Å². The van der Waals surface area contributed by atoms with Gasteiger partial charge in [0.05, 0.1) is 0 Å². The van der Waals surface area contributed by atoms with Gasteiger partial charge in [-0.3, -0.25) is 4.79 Å². The van der Waals surface area contributed by atoms with Crippen molar-refractivity contribution < 1.29 is 9.53 Å². The van der Waals surface area contributed by atoms with Crippen LogP contribution >= 0.6 is 12.6 Å². The van der Waals surface area contributed by atoms with Gasteiger partial charge >= 0.3 is 5.97 Å². The van der Waals surface area contributed by atoms with Gasteiger partial charge < -0.3 is 4.74 Å². The zero-order chi connectivity index (χ0) is 7.28. The first-order chi connectivity index (χ1) is 4.16. The van der Waals surface area contributed by atoms with Crippen molar-refractivity contribution in [3.8, 4) is 0 Å². The molecule has 0 fully saturated rings. The minimum Gasteiger partial charge on any atom is -0.455 e. The maximum atomic E-state index is 10.6. The van der Waals surface area contributed by atoms with Gasteiger partial charge in [-0.25, -0.2) is 0 Å². The Labute approximate surface area is 61.0 Å². The van der Waals surface area contributed by atoms with Crippen LogP contribution in [0, 0.1) is 5.92 Å². The lowest BCUT2D eigenvalue weighted by molar-refractivity contribution is -0.142. The normalized spacial score (nSPS) is 9.78. The van der Waals surface area contributed by atoms with E-state index in [-0.39, 0.29) is 11.9 Å². The molecule has 0 aliphatic heterocycles. The second-order valence-electron chi connectivity index (χ2n) is 2.24. The molecule has 0 saturated carbocycles. The minimum atomic E-state index is -0.167. The van der Waals surface area contributed by atoms with E-state index in [1.165, 1.54) is 0 Å². The van der Waals surface area contributed by atoms with Crippen LogP contribution in [0.4, 0.5) is 0 Å². The molecule has 54 valence electrons. The smallest absolute Gasteiger partial charge is 0.306 e. The predicted molar refractivity (Wildman–Crippen MR) is 39.4 cm³/mol. The highest BCUT2D eigenvalue weighted by molar-refractivity contribution is 7.80. The van der Waals surface area contributed by atoms with E-state index in [1.54, 1.807) is 0 Å². The molecule has 0 spiro atoms. The first-order valence-electron chi connectivity index (χ1n) is 2.93. The van der Waals surface area contributed by atoms with Crippen LogP contribution in [0.3, 0.4) is 0 Å². The molecule has 0 rings (SSSR count). The third-order valence-corrected chi connectivity index (χ3v) is 0.930. The molecule has 3 heteroatoms. The van der Waals surface area contributed by atoms with E-state index in [0.717, 1.165) is 0 Å². The second kappa shape index (κ2) is 4.68. The summed E-state index contributed by atoms with van der Waals surface area (Å²) in [4.78, 5) is 10.6. The van der Waals surface area contributed by atoms with E-state index in [1.807, 2.05) is 13.8 Å². The van der Waals surface area contributed by atoms with Crippen LogP contribution in [0.25, 0.3) is 0 Å². The third kappa shape index (κ3) is 5.69. The largest absolute Gasteiger partial charge is 0.455 e. The van der Waals surface area contributed by atoms with Gasteiger partial charge in [0.15, 0.2) is 0 Å². The minimum absolute atomic E-state index is 0.167. The zero-order valence-electron chi connectivity index (χ0n) is 5.76. The lowest BCUT2D eigenvalue weighted by Crippen LogP contribution is -2.05. The number of hydrogen-bond acceptors (Lipinski definition) is 3. The summed E-state index contributed by atoms with van der Waals surface area (Å²) in [7, 11) is 0. The molecular weight excluding hydrogens is 136 g/mol. The van der Waals surface area contributed by atoms with Gasteiger partial charge in [0, 0.05) is 6.42 Å². The van der Waals surface area contributed by atoms with Crippen LogP contribution in [-0.2, 0) is 9.53 Å². The highest BCUT2D eigenvalue weighted by Crippen LogP contribution is 2.00. The third-order valence-electron chi connectivity index (χ3n) is 0.800. The fourth-order valence-corrected chi connectivity index (χ4v) is 0.608. The topological polar surface area (TPSA) is 26.3 Å². The van der Waals surface area contributed by atoms with Crippen LogP contribution in [0.15, 0.2) is 0 Å². The van der Waals surface area contributed by atoms with Crippen molar-refractivity contribution >= 4 is 18.6 Å². The quantitative estimate of drug-likeness (QED) is 0.372. The average molecular weight is 148 g/mol. The van der Waals surface area contributed by atoms with Crippen LogP contribution in [0.2, 0.25) is 0 Å². The molecule has 0 amide bonds. The lowest BCUT2D eigenvalue weighted by Gasteiger charge is -2.02. The predicted octanol–water partition coefficient (Wildman–Crippen LogP) is 1.46. The molecule has 0 bridgehead atoms. The van der Waals surface area contributed by atoms with E-state index < -0.39 is 0 Å². The molecule has 2 nitrogen and oxygen atoms in total. The maximum absolute atomic E-state index is 10.6. The Hall–Kier alpha value is -0.180. The van der Waals surface area contributed by atoms with Crippen molar-refractivity contribution in [3.05, 3.63) is 0 Å². The molecule has 0 aliphatic carbocycles. The Balaban J connectivity index is 3.27. The summed E-state index contributed by atoms with van der Waals surface area (Å²) in [6, 6.07) is 0. The Morgan fingerprint density at radius 3 is 2.56 bits per heavy atom. The van der Waals surface area contributed by atoms with E-state index in [2.05, 4.69) is 17.4 Å². The molecule has 0 saturated heterocycles. The summed E-state index contributed by atoms with van der Waals surface area (Å²) in [6.45, 7) is 3.94. The summed E-state index contributed by atoms with van der Waals surface area (Å²) < 4.78 is 4.58. The number of rotatable bonds is 3. The second-order valence-corrected chi connectivity index (χ2v) is 2.50. The van der Waals surface area contributed by atoms with Crippen LogP contribution in [0.5, 0.6) is 0 Å². The molecule has 0 aromatic carbocycles. The first-order valence-corrected chi connectivity index (χ1v) is 3.56. The Morgan fingerprint density at radius 2 is 2.22 bits per heavy atom. The fraction of sp³-hybridized carbons (Fsp3) is 0.833. The monoisotopic (exact) mass is 148 g/mol. The van der Waals surface area contributed by atoms with Gasteiger partial charge in [-0.05, 0) is 5.92 Å². The molecule has 0 aliphatic rings. The standard InChI is InChI=1S/C6H12O2S/c1-5(2)3-6(7)8-4-9/h5,9H,3-4H2,1-2H3. The van der Waals surface area contributed by atoms with Crippen molar-refractivity contribution in [1.29, 1.82) is 0 Å². The Morgan fingerprint density at radius 1 is 1.67 bits per heavy atom. The summed E-state index contributed by atoms with van der Waals surface area (Å²) in [6.07, 6.45) is 0.487.